The number of carbonyl (C=O) groups excluding carboxylic acids is 1. The van der Waals surface area contributed by atoms with Gasteiger partial charge in [-0.05, 0) is 43.0 Å². The van der Waals surface area contributed by atoms with Crippen LogP contribution < -0.4 is 9.47 Å². The van der Waals surface area contributed by atoms with Crippen LogP contribution in [0.3, 0.4) is 0 Å². The second kappa shape index (κ2) is 4.59. The van der Waals surface area contributed by atoms with Gasteiger partial charge in [-0.1, -0.05) is 17.7 Å². The maximum absolute atomic E-state index is 12.7. The topological polar surface area (TPSA) is 59.0 Å². The Morgan fingerprint density at radius 3 is 3.04 bits per heavy atom. The van der Waals surface area contributed by atoms with Crippen molar-refractivity contribution in [3.05, 3.63) is 47.1 Å². The molecule has 2 aliphatic heterocycles. The summed E-state index contributed by atoms with van der Waals surface area (Å²) in [6.45, 7) is 1.77. The van der Waals surface area contributed by atoms with Gasteiger partial charge in [0.1, 0.15) is 5.60 Å². The third kappa shape index (κ3) is 1.53. The number of ether oxygens (including phenoxy) is 2. The number of hydrogen-bond donors (Lipinski definition) is 1. The zero-order valence-corrected chi connectivity index (χ0v) is 14.7. The van der Waals surface area contributed by atoms with Gasteiger partial charge in [0.15, 0.2) is 23.4 Å². The molecule has 1 fully saturated rings. The molecule has 0 radical (unpaired) electrons. The predicted molar refractivity (Wildman–Crippen MR) is 94.6 cm³/mol. The first-order chi connectivity index (χ1) is 12.6. The van der Waals surface area contributed by atoms with E-state index in [4.69, 9.17) is 9.47 Å². The summed E-state index contributed by atoms with van der Waals surface area (Å²) in [6.07, 6.45) is 7.42. The number of likely N-dealkylation sites (tertiary alicyclic amines) is 1. The number of nitrogens with zero attached hydrogens (tertiary/aromatic N) is 1. The van der Waals surface area contributed by atoms with E-state index < -0.39 is 17.1 Å². The minimum absolute atomic E-state index is 0.0416. The maximum Gasteiger partial charge on any atom is 0.196 e. The van der Waals surface area contributed by atoms with Crippen LogP contribution in [-0.2, 0) is 16.6 Å². The average molecular weight is 351 g/mol. The summed E-state index contributed by atoms with van der Waals surface area (Å²) in [5.41, 5.74) is 1.83. The zero-order chi connectivity index (χ0) is 17.7. The van der Waals surface area contributed by atoms with Gasteiger partial charge < -0.3 is 14.6 Å². The monoisotopic (exact) mass is 351 g/mol. The fraction of sp³-hybridized carbons (Fsp3) is 0.476. The Balaban J connectivity index is 1.61. The molecule has 1 spiro atoms. The molecule has 1 aromatic carbocycles. The van der Waals surface area contributed by atoms with Crippen LogP contribution in [0.2, 0.25) is 0 Å². The first-order valence-corrected chi connectivity index (χ1v) is 9.33. The highest BCUT2D eigenvalue weighted by Gasteiger charge is 2.72. The zero-order valence-electron chi connectivity index (χ0n) is 14.7. The number of hydrogen-bond acceptors (Lipinski definition) is 5. The summed E-state index contributed by atoms with van der Waals surface area (Å²) in [7, 11) is 1.62. The van der Waals surface area contributed by atoms with Crippen molar-refractivity contribution in [3.63, 3.8) is 0 Å². The molecule has 0 aromatic heterocycles. The molecule has 2 heterocycles. The molecule has 1 N–H and O–H groups in total. The van der Waals surface area contributed by atoms with Crippen LogP contribution in [0, 0.1) is 0 Å². The summed E-state index contributed by atoms with van der Waals surface area (Å²) >= 11 is 0. The minimum Gasteiger partial charge on any atom is -0.493 e. The van der Waals surface area contributed by atoms with Gasteiger partial charge in [0.25, 0.3) is 0 Å². The number of rotatable bonds is 3. The van der Waals surface area contributed by atoms with Crippen LogP contribution in [-0.4, -0.2) is 53.7 Å². The second-order valence-electron chi connectivity index (χ2n) is 8.17. The molecule has 0 saturated carbocycles. The summed E-state index contributed by atoms with van der Waals surface area (Å²) in [4.78, 5) is 15.1. The lowest BCUT2D eigenvalue weighted by Crippen LogP contribution is -2.75. The van der Waals surface area contributed by atoms with Crippen molar-refractivity contribution in [2.24, 2.45) is 0 Å². The summed E-state index contributed by atoms with van der Waals surface area (Å²) in [5.74, 6) is 1.24. The van der Waals surface area contributed by atoms with Crippen molar-refractivity contribution in [1.82, 2.24) is 4.90 Å². The van der Waals surface area contributed by atoms with E-state index in [1.165, 1.54) is 17.2 Å². The number of carbonyl (C=O) groups is 1. The molecule has 5 nitrogen and oxygen atoms in total. The van der Waals surface area contributed by atoms with Crippen LogP contribution in [0.5, 0.6) is 11.5 Å². The molecule has 4 unspecified atom stereocenters. The lowest BCUT2D eigenvalue weighted by atomic mass is 9.51. The molecule has 1 aromatic rings. The van der Waals surface area contributed by atoms with Crippen LogP contribution in [0.15, 0.2) is 35.9 Å². The molecule has 4 atom stereocenters. The Morgan fingerprint density at radius 1 is 1.42 bits per heavy atom. The van der Waals surface area contributed by atoms with Crippen molar-refractivity contribution in [3.8, 4) is 11.5 Å². The Kier molecular flexibility index (Phi) is 2.65. The van der Waals surface area contributed by atoms with Gasteiger partial charge in [-0.25, -0.2) is 0 Å². The van der Waals surface area contributed by atoms with Crippen LogP contribution in [0.1, 0.15) is 24.0 Å². The molecule has 6 rings (SSSR count). The fourth-order valence-electron chi connectivity index (χ4n) is 5.81. The van der Waals surface area contributed by atoms with Gasteiger partial charge >= 0.3 is 0 Å². The van der Waals surface area contributed by atoms with E-state index in [2.05, 4.69) is 17.0 Å². The lowest BCUT2D eigenvalue weighted by Gasteiger charge is -2.60. The first-order valence-electron chi connectivity index (χ1n) is 9.33. The number of piperidine rings is 1. The van der Waals surface area contributed by atoms with Gasteiger partial charge in [-0.3, -0.25) is 9.69 Å². The summed E-state index contributed by atoms with van der Waals surface area (Å²) < 4.78 is 11.7. The Hall–Kier alpha value is -2.11. The van der Waals surface area contributed by atoms with E-state index in [0.29, 0.717) is 17.9 Å². The maximum atomic E-state index is 12.7. The number of allylic oxidation sites excluding steroid dienone is 1. The number of methoxy groups -OCH3 is 1. The fourth-order valence-corrected chi connectivity index (χ4v) is 5.81. The molecular weight excluding hydrogens is 330 g/mol. The molecule has 26 heavy (non-hydrogen) atoms. The highest BCUT2D eigenvalue weighted by Crippen LogP contribution is 2.63. The van der Waals surface area contributed by atoms with Gasteiger partial charge in [0.2, 0.25) is 0 Å². The van der Waals surface area contributed by atoms with Gasteiger partial charge in [0, 0.05) is 24.7 Å². The molecule has 3 aliphatic carbocycles. The second-order valence-corrected chi connectivity index (χ2v) is 8.17. The van der Waals surface area contributed by atoms with Crippen molar-refractivity contribution in [2.45, 2.75) is 42.4 Å². The number of aliphatic hydroxyl groups is 1. The quantitative estimate of drug-likeness (QED) is 0.837. The van der Waals surface area contributed by atoms with Crippen molar-refractivity contribution in [2.75, 3.05) is 20.2 Å². The highest BCUT2D eigenvalue weighted by molar-refractivity contribution is 5.99. The first kappa shape index (κ1) is 15.0. The lowest BCUT2D eigenvalue weighted by molar-refractivity contribution is -0.153. The van der Waals surface area contributed by atoms with Crippen molar-refractivity contribution < 1.29 is 19.4 Å². The Bertz CT molecular complexity index is 919. The standard InChI is InChI=1S/C21H21NO4/c1-25-15-5-4-13-10-16-21(24)7-6-14(23)19-20(21,17(13)18(15)26-19)8-9-22(16)11-12-2-3-12/h2,4-7,16,19,24H,3,8-11H2,1H3. The molecule has 134 valence electrons. The molecular formula is C21H21NO4. The third-order valence-corrected chi connectivity index (χ3v) is 7.09. The average Bonchev–Trinajstić information content (AvgIpc) is 3.37. The largest absolute Gasteiger partial charge is 0.493 e. The van der Waals surface area contributed by atoms with Crippen molar-refractivity contribution in [1.29, 1.82) is 0 Å². The van der Waals surface area contributed by atoms with Crippen LogP contribution in [0.25, 0.3) is 0 Å². The molecule has 1 saturated heterocycles. The van der Waals surface area contributed by atoms with Crippen LogP contribution in [0.4, 0.5) is 0 Å². The van der Waals surface area contributed by atoms with Gasteiger partial charge in [0.05, 0.1) is 12.5 Å². The Labute approximate surface area is 151 Å². The molecule has 2 bridgehead atoms. The Morgan fingerprint density at radius 2 is 2.27 bits per heavy atom. The SMILES string of the molecule is COc1ccc2c3c1OC1C(=O)C=CC4(O)C(C2)N(CC2=CC2)CCC314. The van der Waals surface area contributed by atoms with Crippen molar-refractivity contribution >= 4 is 5.78 Å². The molecule has 5 aliphatic rings. The van der Waals surface area contributed by atoms with E-state index in [1.807, 2.05) is 6.07 Å². The van der Waals surface area contributed by atoms with E-state index in [0.717, 1.165) is 31.5 Å². The molecule has 5 heteroatoms. The summed E-state index contributed by atoms with van der Waals surface area (Å²) in [5, 5.41) is 12.0. The third-order valence-electron chi connectivity index (χ3n) is 7.09. The van der Waals surface area contributed by atoms with Crippen LogP contribution >= 0.6 is 0 Å². The van der Waals surface area contributed by atoms with Gasteiger partial charge in [-0.2, -0.15) is 0 Å². The number of ketones is 1. The van der Waals surface area contributed by atoms with E-state index in [-0.39, 0.29) is 11.8 Å². The predicted octanol–water partition coefficient (Wildman–Crippen LogP) is 1.52. The van der Waals surface area contributed by atoms with E-state index in [1.54, 1.807) is 13.2 Å². The number of benzene rings is 1. The minimum atomic E-state index is -1.09. The highest BCUT2D eigenvalue weighted by atomic mass is 16.5. The van der Waals surface area contributed by atoms with E-state index >= 15 is 0 Å². The van der Waals surface area contributed by atoms with Gasteiger partial charge in [-0.15, -0.1) is 0 Å². The summed E-state index contributed by atoms with van der Waals surface area (Å²) in [6, 6.07) is 3.97. The van der Waals surface area contributed by atoms with E-state index in [9.17, 15) is 9.90 Å². The normalized spacial score (nSPS) is 38.5. The smallest absolute Gasteiger partial charge is 0.196 e. The molecule has 0 amide bonds.